The third kappa shape index (κ3) is 2.90. The zero-order valence-corrected chi connectivity index (χ0v) is 12.2. The summed E-state index contributed by atoms with van der Waals surface area (Å²) in [4.78, 5) is 12.4. The summed E-state index contributed by atoms with van der Waals surface area (Å²) in [5, 5.41) is 0. The van der Waals surface area contributed by atoms with Crippen molar-refractivity contribution in [1.29, 1.82) is 0 Å². The van der Waals surface area contributed by atoms with Gasteiger partial charge < -0.3 is 15.2 Å². The number of carbonyl (C=O) groups excluding carboxylic acids is 1. The highest BCUT2D eigenvalue weighted by Crippen LogP contribution is 2.29. The van der Waals surface area contributed by atoms with Crippen LogP contribution in [0.1, 0.15) is 18.1 Å². The molecule has 4 heteroatoms. The molecular formula is C17H19NO3. The molecule has 0 heterocycles. The van der Waals surface area contributed by atoms with Crippen LogP contribution in [-0.2, 0) is 15.1 Å². The summed E-state index contributed by atoms with van der Waals surface area (Å²) in [6, 6.07) is 16.3. The molecule has 0 bridgehead atoms. The Morgan fingerprint density at radius 1 is 1.05 bits per heavy atom. The molecule has 110 valence electrons. The Morgan fingerprint density at radius 3 is 2.14 bits per heavy atom. The molecule has 4 nitrogen and oxygen atoms in total. The van der Waals surface area contributed by atoms with E-state index in [0.717, 1.165) is 0 Å². The first-order valence-corrected chi connectivity index (χ1v) is 6.79. The van der Waals surface area contributed by atoms with Gasteiger partial charge in [0.2, 0.25) is 0 Å². The molecule has 0 amide bonds. The van der Waals surface area contributed by atoms with Gasteiger partial charge in [-0.2, -0.15) is 0 Å². The number of hydrogen-bond donors (Lipinski definition) is 1. The van der Waals surface area contributed by atoms with Crippen molar-refractivity contribution in [2.24, 2.45) is 5.73 Å². The number of hydrogen-bond acceptors (Lipinski definition) is 4. The van der Waals surface area contributed by atoms with Crippen LogP contribution in [0.2, 0.25) is 0 Å². The van der Waals surface area contributed by atoms with Gasteiger partial charge in [0.1, 0.15) is 5.75 Å². The van der Waals surface area contributed by atoms with Crippen LogP contribution in [0.3, 0.4) is 0 Å². The standard InChI is InChI=1S/C17H19NO3/c1-3-21-16(19)17(18,13-7-5-4-6-8-13)14-9-11-15(20-2)12-10-14/h4-12H,3,18H2,1-2H3. The molecule has 0 aromatic heterocycles. The highest BCUT2D eigenvalue weighted by atomic mass is 16.5. The molecule has 0 saturated heterocycles. The van der Waals surface area contributed by atoms with E-state index in [9.17, 15) is 4.79 Å². The van der Waals surface area contributed by atoms with E-state index < -0.39 is 11.5 Å². The maximum atomic E-state index is 12.4. The van der Waals surface area contributed by atoms with Gasteiger partial charge in [-0.15, -0.1) is 0 Å². The Labute approximate surface area is 124 Å². The molecule has 0 aliphatic carbocycles. The first-order valence-electron chi connectivity index (χ1n) is 6.79. The molecule has 0 spiro atoms. The van der Waals surface area contributed by atoms with Crippen LogP contribution >= 0.6 is 0 Å². The molecule has 0 aliphatic heterocycles. The molecule has 0 aliphatic rings. The summed E-state index contributed by atoms with van der Waals surface area (Å²) in [6.07, 6.45) is 0. The molecule has 0 radical (unpaired) electrons. The van der Waals surface area contributed by atoms with Crippen molar-refractivity contribution in [2.75, 3.05) is 13.7 Å². The van der Waals surface area contributed by atoms with Gasteiger partial charge in [-0.05, 0) is 30.2 Å². The van der Waals surface area contributed by atoms with Crippen LogP contribution in [0.25, 0.3) is 0 Å². The first-order chi connectivity index (χ1) is 10.1. The SMILES string of the molecule is CCOC(=O)C(N)(c1ccccc1)c1ccc(OC)cc1. The fourth-order valence-corrected chi connectivity index (χ4v) is 2.20. The van der Waals surface area contributed by atoms with Crippen molar-refractivity contribution in [3.63, 3.8) is 0 Å². The minimum absolute atomic E-state index is 0.279. The fourth-order valence-electron chi connectivity index (χ4n) is 2.20. The van der Waals surface area contributed by atoms with Gasteiger partial charge in [0.25, 0.3) is 0 Å². The van der Waals surface area contributed by atoms with Gasteiger partial charge in [-0.3, -0.25) is 0 Å². The maximum absolute atomic E-state index is 12.4. The lowest BCUT2D eigenvalue weighted by Gasteiger charge is -2.28. The third-order valence-corrected chi connectivity index (χ3v) is 3.37. The molecular weight excluding hydrogens is 266 g/mol. The molecule has 2 aromatic carbocycles. The lowest BCUT2D eigenvalue weighted by Crippen LogP contribution is -2.47. The number of methoxy groups -OCH3 is 1. The molecule has 0 saturated carbocycles. The van der Waals surface area contributed by atoms with E-state index in [4.69, 9.17) is 15.2 Å². The Morgan fingerprint density at radius 2 is 1.62 bits per heavy atom. The quantitative estimate of drug-likeness (QED) is 0.857. The lowest BCUT2D eigenvalue weighted by atomic mass is 9.84. The van der Waals surface area contributed by atoms with Crippen LogP contribution in [0.5, 0.6) is 5.75 Å². The normalized spacial score (nSPS) is 13.3. The minimum Gasteiger partial charge on any atom is -0.497 e. The minimum atomic E-state index is -1.33. The highest BCUT2D eigenvalue weighted by Gasteiger charge is 2.39. The molecule has 0 fully saturated rings. The predicted octanol–water partition coefficient (Wildman–Crippen LogP) is 2.46. The average Bonchev–Trinajstić information content (AvgIpc) is 2.55. The summed E-state index contributed by atoms with van der Waals surface area (Å²) >= 11 is 0. The van der Waals surface area contributed by atoms with Crippen molar-refractivity contribution in [3.8, 4) is 5.75 Å². The van der Waals surface area contributed by atoms with Crippen molar-refractivity contribution in [2.45, 2.75) is 12.5 Å². The van der Waals surface area contributed by atoms with Crippen LogP contribution in [-0.4, -0.2) is 19.7 Å². The Balaban J connectivity index is 2.52. The zero-order chi connectivity index (χ0) is 15.3. The second kappa shape index (κ2) is 6.41. The number of ether oxygens (including phenoxy) is 2. The van der Waals surface area contributed by atoms with E-state index in [1.54, 1.807) is 38.3 Å². The van der Waals surface area contributed by atoms with Gasteiger partial charge in [0.15, 0.2) is 5.54 Å². The number of carbonyl (C=O) groups is 1. The molecule has 21 heavy (non-hydrogen) atoms. The Kier molecular flexibility index (Phi) is 4.60. The molecule has 2 N–H and O–H groups in total. The first kappa shape index (κ1) is 15.1. The second-order valence-electron chi connectivity index (χ2n) is 4.62. The van der Waals surface area contributed by atoms with E-state index in [2.05, 4.69) is 0 Å². The number of rotatable bonds is 5. The van der Waals surface area contributed by atoms with Crippen molar-refractivity contribution < 1.29 is 14.3 Å². The van der Waals surface area contributed by atoms with E-state index in [1.165, 1.54) is 0 Å². The van der Waals surface area contributed by atoms with Crippen LogP contribution < -0.4 is 10.5 Å². The lowest BCUT2D eigenvalue weighted by molar-refractivity contribution is -0.148. The van der Waals surface area contributed by atoms with E-state index in [-0.39, 0.29) is 6.61 Å². The van der Waals surface area contributed by atoms with Crippen LogP contribution in [0.15, 0.2) is 54.6 Å². The highest BCUT2D eigenvalue weighted by molar-refractivity contribution is 5.86. The molecule has 1 atom stereocenters. The van der Waals surface area contributed by atoms with Crippen molar-refractivity contribution in [3.05, 3.63) is 65.7 Å². The number of benzene rings is 2. The molecule has 2 aromatic rings. The van der Waals surface area contributed by atoms with Crippen LogP contribution in [0.4, 0.5) is 0 Å². The smallest absolute Gasteiger partial charge is 0.335 e. The predicted molar refractivity (Wildman–Crippen MR) is 81.0 cm³/mol. The molecule has 1 unspecified atom stereocenters. The summed E-state index contributed by atoms with van der Waals surface area (Å²) in [5.41, 5.74) is 6.47. The van der Waals surface area contributed by atoms with Gasteiger partial charge in [-0.25, -0.2) is 4.79 Å². The van der Waals surface area contributed by atoms with Gasteiger partial charge in [0, 0.05) is 0 Å². The third-order valence-electron chi connectivity index (χ3n) is 3.37. The van der Waals surface area contributed by atoms with Gasteiger partial charge in [-0.1, -0.05) is 42.5 Å². The Bertz CT molecular complexity index is 595. The Hall–Kier alpha value is -2.33. The largest absolute Gasteiger partial charge is 0.497 e. The summed E-state index contributed by atoms with van der Waals surface area (Å²) in [7, 11) is 1.59. The average molecular weight is 285 g/mol. The van der Waals surface area contributed by atoms with Gasteiger partial charge >= 0.3 is 5.97 Å². The summed E-state index contributed by atoms with van der Waals surface area (Å²) in [5.74, 6) is 0.236. The van der Waals surface area contributed by atoms with E-state index >= 15 is 0 Å². The number of esters is 1. The molecule has 2 rings (SSSR count). The second-order valence-corrected chi connectivity index (χ2v) is 4.62. The van der Waals surface area contributed by atoms with Crippen molar-refractivity contribution >= 4 is 5.97 Å². The zero-order valence-electron chi connectivity index (χ0n) is 12.2. The van der Waals surface area contributed by atoms with Crippen molar-refractivity contribution in [1.82, 2.24) is 0 Å². The van der Waals surface area contributed by atoms with Crippen LogP contribution in [0, 0.1) is 0 Å². The van der Waals surface area contributed by atoms with E-state index in [0.29, 0.717) is 16.9 Å². The summed E-state index contributed by atoms with van der Waals surface area (Å²) < 4.78 is 10.3. The van der Waals surface area contributed by atoms with E-state index in [1.807, 2.05) is 30.3 Å². The number of nitrogens with two attached hydrogens (primary N) is 1. The maximum Gasteiger partial charge on any atom is 0.335 e. The summed E-state index contributed by atoms with van der Waals surface area (Å²) in [6.45, 7) is 2.04. The van der Waals surface area contributed by atoms with Gasteiger partial charge in [0.05, 0.1) is 13.7 Å². The monoisotopic (exact) mass is 285 g/mol. The fraction of sp³-hybridized carbons (Fsp3) is 0.235. The topological polar surface area (TPSA) is 61.5 Å².